The molecule has 1 N–H and O–H groups in total. The fraction of sp³-hybridized carbons (Fsp3) is 0.571. The van der Waals surface area contributed by atoms with E-state index in [4.69, 9.17) is 0 Å². The van der Waals surface area contributed by atoms with Gasteiger partial charge in [-0.3, -0.25) is 4.79 Å². The van der Waals surface area contributed by atoms with Crippen molar-refractivity contribution in [3.05, 3.63) is 24.0 Å². The number of likely N-dealkylation sites (tertiary alicyclic amines) is 1. The first-order chi connectivity index (χ1) is 8.52. The topological polar surface area (TPSA) is 45.2 Å². The Bertz CT molecular complexity index is 415. The van der Waals surface area contributed by atoms with Gasteiger partial charge in [-0.15, -0.1) is 0 Å². The lowest BCUT2D eigenvalue weighted by molar-refractivity contribution is 0.0624. The number of anilines is 1. The molecule has 0 bridgehead atoms. The van der Waals surface area contributed by atoms with Crippen molar-refractivity contribution < 1.29 is 4.79 Å². The molecular formula is C14H21N3O. The lowest BCUT2D eigenvalue weighted by atomic mass is 9.82. The van der Waals surface area contributed by atoms with Crippen molar-refractivity contribution >= 4 is 11.6 Å². The van der Waals surface area contributed by atoms with E-state index in [0.717, 1.165) is 31.6 Å². The molecule has 0 unspecified atom stereocenters. The van der Waals surface area contributed by atoms with Crippen LogP contribution in [0.25, 0.3) is 0 Å². The Labute approximate surface area is 108 Å². The molecule has 1 amide bonds. The number of amides is 1. The summed E-state index contributed by atoms with van der Waals surface area (Å²) in [4.78, 5) is 18.4. The summed E-state index contributed by atoms with van der Waals surface area (Å²) in [5, 5.41) is 3.00. The Hall–Kier alpha value is -1.58. The Morgan fingerprint density at radius 1 is 1.33 bits per heavy atom. The molecule has 18 heavy (non-hydrogen) atoms. The van der Waals surface area contributed by atoms with Crippen molar-refractivity contribution in [3.8, 4) is 0 Å². The summed E-state index contributed by atoms with van der Waals surface area (Å²) < 4.78 is 0. The van der Waals surface area contributed by atoms with Gasteiger partial charge in [-0.1, -0.05) is 13.8 Å². The van der Waals surface area contributed by atoms with Crippen molar-refractivity contribution in [3.63, 3.8) is 0 Å². The summed E-state index contributed by atoms with van der Waals surface area (Å²) in [6.45, 7) is 6.19. The third-order valence-corrected chi connectivity index (χ3v) is 3.68. The predicted octanol–water partition coefficient (Wildman–Crippen LogP) is 2.39. The van der Waals surface area contributed by atoms with E-state index in [-0.39, 0.29) is 5.91 Å². The number of nitrogens with one attached hydrogen (secondary N) is 1. The average Bonchev–Trinajstić information content (AvgIpc) is 2.38. The second-order valence-corrected chi connectivity index (χ2v) is 5.64. The highest BCUT2D eigenvalue weighted by molar-refractivity contribution is 5.92. The van der Waals surface area contributed by atoms with Crippen LogP contribution < -0.4 is 5.32 Å². The smallest absolute Gasteiger partial charge is 0.272 e. The number of carbonyl (C=O) groups excluding carboxylic acids is 1. The Morgan fingerprint density at radius 2 is 2.00 bits per heavy atom. The first kappa shape index (κ1) is 12.9. The molecule has 0 spiro atoms. The van der Waals surface area contributed by atoms with Crippen molar-refractivity contribution in [1.82, 2.24) is 9.88 Å². The van der Waals surface area contributed by atoms with Gasteiger partial charge in [0.1, 0.15) is 5.69 Å². The van der Waals surface area contributed by atoms with Crippen LogP contribution in [0.2, 0.25) is 0 Å². The average molecular weight is 247 g/mol. The number of aromatic nitrogens is 1. The molecule has 0 radical (unpaired) electrons. The van der Waals surface area contributed by atoms with Gasteiger partial charge in [0.25, 0.3) is 5.91 Å². The number of carbonyl (C=O) groups is 1. The molecule has 98 valence electrons. The zero-order chi connectivity index (χ0) is 13.2. The van der Waals surface area contributed by atoms with Gasteiger partial charge in [-0.25, -0.2) is 4.98 Å². The monoisotopic (exact) mass is 247 g/mol. The Morgan fingerprint density at radius 3 is 2.50 bits per heavy atom. The van der Waals surface area contributed by atoms with Crippen molar-refractivity contribution in [2.45, 2.75) is 26.7 Å². The molecule has 0 atom stereocenters. The van der Waals surface area contributed by atoms with E-state index in [9.17, 15) is 4.79 Å². The molecule has 1 aliphatic rings. The minimum absolute atomic E-state index is 0.0492. The summed E-state index contributed by atoms with van der Waals surface area (Å²) in [6.07, 6.45) is 3.82. The molecule has 1 aliphatic heterocycles. The summed E-state index contributed by atoms with van der Waals surface area (Å²) >= 11 is 0. The highest BCUT2D eigenvalue weighted by Crippen LogP contribution is 2.30. The molecule has 2 rings (SSSR count). The van der Waals surface area contributed by atoms with Gasteiger partial charge >= 0.3 is 0 Å². The van der Waals surface area contributed by atoms with Crippen molar-refractivity contribution in [2.24, 2.45) is 5.41 Å². The largest absolute Gasteiger partial charge is 0.387 e. The van der Waals surface area contributed by atoms with Gasteiger partial charge in [0.05, 0.1) is 11.9 Å². The zero-order valence-corrected chi connectivity index (χ0v) is 11.4. The summed E-state index contributed by atoms with van der Waals surface area (Å²) in [5.41, 5.74) is 1.82. The molecule has 2 heterocycles. The van der Waals surface area contributed by atoms with Gasteiger partial charge in [0.15, 0.2) is 0 Å². The number of rotatable bonds is 2. The number of hydrogen-bond acceptors (Lipinski definition) is 3. The number of piperidine rings is 1. The second kappa shape index (κ2) is 4.96. The van der Waals surface area contributed by atoms with Crippen molar-refractivity contribution in [1.29, 1.82) is 0 Å². The molecule has 1 aromatic heterocycles. The SMILES string of the molecule is CNc1ccc(C(=O)N2CCC(C)(C)CC2)nc1. The summed E-state index contributed by atoms with van der Waals surface area (Å²) in [7, 11) is 1.84. The Balaban J connectivity index is 2.03. The molecule has 1 saturated heterocycles. The van der Waals surface area contributed by atoms with Gasteiger partial charge in [-0.05, 0) is 30.4 Å². The Kier molecular flexibility index (Phi) is 3.55. The molecule has 0 aromatic carbocycles. The van der Waals surface area contributed by atoms with Crippen molar-refractivity contribution in [2.75, 3.05) is 25.5 Å². The fourth-order valence-corrected chi connectivity index (χ4v) is 2.15. The van der Waals surface area contributed by atoms with Gasteiger partial charge < -0.3 is 10.2 Å². The first-order valence-corrected chi connectivity index (χ1v) is 6.45. The van der Waals surface area contributed by atoms with Crippen LogP contribution in [0.15, 0.2) is 18.3 Å². The van der Waals surface area contributed by atoms with E-state index in [1.54, 1.807) is 12.3 Å². The normalized spacial score (nSPS) is 18.5. The minimum atomic E-state index is 0.0492. The third kappa shape index (κ3) is 2.81. The molecule has 0 saturated carbocycles. The fourth-order valence-electron chi connectivity index (χ4n) is 2.15. The van der Waals surface area contributed by atoms with E-state index in [0.29, 0.717) is 11.1 Å². The maximum atomic E-state index is 12.3. The highest BCUT2D eigenvalue weighted by Gasteiger charge is 2.28. The number of hydrogen-bond donors (Lipinski definition) is 1. The van der Waals surface area contributed by atoms with Crippen LogP contribution >= 0.6 is 0 Å². The zero-order valence-electron chi connectivity index (χ0n) is 11.4. The third-order valence-electron chi connectivity index (χ3n) is 3.68. The summed E-state index contributed by atoms with van der Waals surface area (Å²) in [5.74, 6) is 0.0492. The van der Waals surface area contributed by atoms with E-state index in [2.05, 4.69) is 24.1 Å². The standard InChI is InChI=1S/C14H21N3O/c1-14(2)6-8-17(9-7-14)13(18)12-5-4-11(15-3)10-16-12/h4-5,10,15H,6-9H2,1-3H3. The van der Waals surface area contributed by atoms with E-state index in [1.165, 1.54) is 0 Å². The van der Waals surface area contributed by atoms with Crippen LogP contribution in [0.5, 0.6) is 0 Å². The molecule has 4 heteroatoms. The summed E-state index contributed by atoms with van der Waals surface area (Å²) in [6, 6.07) is 3.67. The first-order valence-electron chi connectivity index (χ1n) is 6.45. The van der Waals surface area contributed by atoms with Gasteiger partial charge in [-0.2, -0.15) is 0 Å². The predicted molar refractivity (Wildman–Crippen MR) is 72.7 cm³/mol. The minimum Gasteiger partial charge on any atom is -0.387 e. The van der Waals surface area contributed by atoms with E-state index >= 15 is 0 Å². The lowest BCUT2D eigenvalue weighted by Gasteiger charge is -2.36. The number of nitrogens with zero attached hydrogens (tertiary/aromatic N) is 2. The number of pyridine rings is 1. The van der Waals surface area contributed by atoms with Crippen LogP contribution in [-0.4, -0.2) is 35.9 Å². The van der Waals surface area contributed by atoms with Crippen LogP contribution in [0.4, 0.5) is 5.69 Å². The van der Waals surface area contributed by atoms with E-state index < -0.39 is 0 Å². The molecule has 1 aromatic rings. The highest BCUT2D eigenvalue weighted by atomic mass is 16.2. The van der Waals surface area contributed by atoms with Crippen LogP contribution in [-0.2, 0) is 0 Å². The van der Waals surface area contributed by atoms with Gasteiger partial charge in [0.2, 0.25) is 0 Å². The molecular weight excluding hydrogens is 226 g/mol. The molecule has 0 aliphatic carbocycles. The maximum Gasteiger partial charge on any atom is 0.272 e. The second-order valence-electron chi connectivity index (χ2n) is 5.64. The molecule has 1 fully saturated rings. The maximum absolute atomic E-state index is 12.3. The van der Waals surface area contributed by atoms with Gasteiger partial charge in [0, 0.05) is 20.1 Å². The lowest BCUT2D eigenvalue weighted by Crippen LogP contribution is -2.41. The van der Waals surface area contributed by atoms with Crippen LogP contribution in [0.1, 0.15) is 37.2 Å². The van der Waals surface area contributed by atoms with Crippen LogP contribution in [0, 0.1) is 5.41 Å². The van der Waals surface area contributed by atoms with E-state index in [1.807, 2.05) is 18.0 Å². The quantitative estimate of drug-likeness (QED) is 0.872. The van der Waals surface area contributed by atoms with Crippen LogP contribution in [0.3, 0.4) is 0 Å². The molecule has 4 nitrogen and oxygen atoms in total.